The third-order valence-electron chi connectivity index (χ3n) is 5.35. The van der Waals surface area contributed by atoms with Gasteiger partial charge in [-0.25, -0.2) is 4.79 Å². The number of aromatic nitrogens is 2. The van der Waals surface area contributed by atoms with Crippen LogP contribution in [0.4, 0.5) is 16.6 Å². The molecule has 28 heavy (non-hydrogen) atoms. The number of hydrogen-bond donors (Lipinski definition) is 2. The van der Waals surface area contributed by atoms with E-state index in [1.807, 2.05) is 18.7 Å². The van der Waals surface area contributed by atoms with Gasteiger partial charge in [0.15, 0.2) is 0 Å². The van der Waals surface area contributed by atoms with Gasteiger partial charge in [-0.3, -0.25) is 19.5 Å². The fourth-order valence-electron chi connectivity index (χ4n) is 3.99. The number of anilines is 2. The second kappa shape index (κ2) is 7.78. The Labute approximate surface area is 163 Å². The Kier molecular flexibility index (Phi) is 5.59. The zero-order chi connectivity index (χ0) is 20.5. The molecule has 2 saturated heterocycles. The summed E-state index contributed by atoms with van der Waals surface area (Å²) in [6, 6.07) is 1.15. The number of nitrogen functional groups attached to an aromatic ring is 1. The van der Waals surface area contributed by atoms with E-state index in [1.165, 1.54) is 11.0 Å². The Hall–Kier alpha value is -2.62. The van der Waals surface area contributed by atoms with Crippen molar-refractivity contribution in [1.29, 1.82) is 0 Å². The molecule has 3 rings (SSSR count). The van der Waals surface area contributed by atoms with Gasteiger partial charge in [0.2, 0.25) is 5.95 Å². The fourth-order valence-corrected chi connectivity index (χ4v) is 3.99. The first kappa shape index (κ1) is 20.1. The van der Waals surface area contributed by atoms with E-state index in [0.717, 1.165) is 0 Å². The standard InChI is InChI=1S/C18H28N6O4/c1-12(2)11-24-17(27)23(8-9-28-3)15(26)18(24)4-6-22(7-5-18)13-10-14(25)21-16(19)20-13/h10,12H,4-9,11H2,1-3H3,(H3,19,20,21,25). The Morgan fingerprint density at radius 1 is 1.29 bits per heavy atom. The average Bonchev–Trinajstić information content (AvgIpc) is 2.81. The van der Waals surface area contributed by atoms with Crippen molar-refractivity contribution in [3.05, 3.63) is 16.4 Å². The van der Waals surface area contributed by atoms with Crippen molar-refractivity contribution in [3.63, 3.8) is 0 Å². The number of urea groups is 1. The first-order valence-electron chi connectivity index (χ1n) is 9.53. The molecular weight excluding hydrogens is 364 g/mol. The summed E-state index contributed by atoms with van der Waals surface area (Å²) >= 11 is 0. The van der Waals surface area contributed by atoms with Crippen LogP contribution in [-0.4, -0.2) is 77.1 Å². The lowest BCUT2D eigenvalue weighted by Crippen LogP contribution is -2.57. The van der Waals surface area contributed by atoms with E-state index in [1.54, 1.807) is 12.0 Å². The largest absolute Gasteiger partial charge is 0.383 e. The van der Waals surface area contributed by atoms with E-state index in [2.05, 4.69) is 9.97 Å². The SMILES string of the molecule is COCCN1C(=O)N(CC(C)C)C2(CCN(c3cc(=O)[nH]c(N)n3)CC2)C1=O. The van der Waals surface area contributed by atoms with Gasteiger partial charge >= 0.3 is 6.03 Å². The maximum absolute atomic E-state index is 13.2. The Morgan fingerprint density at radius 3 is 2.54 bits per heavy atom. The molecule has 2 aliphatic rings. The molecule has 1 aromatic heterocycles. The molecular formula is C18H28N6O4. The molecule has 1 aromatic rings. The zero-order valence-corrected chi connectivity index (χ0v) is 16.6. The second-order valence-electron chi connectivity index (χ2n) is 7.74. The highest BCUT2D eigenvalue weighted by Crippen LogP contribution is 2.38. The number of amides is 3. The predicted molar refractivity (Wildman–Crippen MR) is 104 cm³/mol. The van der Waals surface area contributed by atoms with Gasteiger partial charge in [-0.2, -0.15) is 4.98 Å². The van der Waals surface area contributed by atoms with Crippen LogP contribution in [0.2, 0.25) is 0 Å². The van der Waals surface area contributed by atoms with Crippen LogP contribution >= 0.6 is 0 Å². The monoisotopic (exact) mass is 392 g/mol. The first-order chi connectivity index (χ1) is 13.3. The Morgan fingerprint density at radius 2 is 1.96 bits per heavy atom. The number of aromatic amines is 1. The third kappa shape index (κ3) is 3.56. The lowest BCUT2D eigenvalue weighted by atomic mass is 9.85. The first-order valence-corrected chi connectivity index (χ1v) is 9.53. The molecule has 1 spiro atoms. The van der Waals surface area contributed by atoms with E-state index in [4.69, 9.17) is 10.5 Å². The van der Waals surface area contributed by atoms with E-state index in [0.29, 0.717) is 44.9 Å². The molecule has 3 N–H and O–H groups in total. The molecule has 0 aromatic carbocycles. The summed E-state index contributed by atoms with van der Waals surface area (Å²) in [5, 5.41) is 0. The van der Waals surface area contributed by atoms with Crippen LogP contribution in [0.3, 0.4) is 0 Å². The zero-order valence-electron chi connectivity index (χ0n) is 16.6. The molecule has 10 nitrogen and oxygen atoms in total. The number of piperidine rings is 1. The average molecular weight is 392 g/mol. The minimum absolute atomic E-state index is 0.0575. The molecule has 2 aliphatic heterocycles. The Balaban J connectivity index is 1.84. The number of methoxy groups -OCH3 is 1. The van der Waals surface area contributed by atoms with Gasteiger partial charge in [0.1, 0.15) is 11.4 Å². The summed E-state index contributed by atoms with van der Waals surface area (Å²) in [7, 11) is 1.55. The molecule has 3 heterocycles. The van der Waals surface area contributed by atoms with Crippen molar-refractivity contribution in [2.45, 2.75) is 32.2 Å². The second-order valence-corrected chi connectivity index (χ2v) is 7.74. The van der Waals surface area contributed by atoms with Crippen LogP contribution in [0, 0.1) is 5.92 Å². The quantitative estimate of drug-likeness (QED) is 0.665. The van der Waals surface area contributed by atoms with E-state index >= 15 is 0 Å². The number of carbonyl (C=O) groups excluding carboxylic acids is 2. The van der Waals surface area contributed by atoms with Crippen LogP contribution in [-0.2, 0) is 9.53 Å². The minimum Gasteiger partial charge on any atom is -0.383 e. The Bertz CT molecular complexity index is 800. The summed E-state index contributed by atoms with van der Waals surface area (Å²) in [5.41, 5.74) is 4.48. The highest BCUT2D eigenvalue weighted by atomic mass is 16.5. The molecule has 0 saturated carbocycles. The van der Waals surface area contributed by atoms with Gasteiger partial charge in [0.05, 0.1) is 13.2 Å². The number of nitrogens with two attached hydrogens (primary N) is 1. The summed E-state index contributed by atoms with van der Waals surface area (Å²) < 4.78 is 5.06. The number of carbonyl (C=O) groups is 2. The molecule has 0 unspecified atom stereocenters. The van der Waals surface area contributed by atoms with E-state index in [-0.39, 0.29) is 35.9 Å². The predicted octanol–water partition coefficient (Wildman–Crippen LogP) is 0.258. The van der Waals surface area contributed by atoms with Crippen molar-refractivity contribution < 1.29 is 14.3 Å². The number of rotatable bonds is 6. The summed E-state index contributed by atoms with van der Waals surface area (Å²) in [6.45, 7) is 6.14. The summed E-state index contributed by atoms with van der Waals surface area (Å²) in [5.74, 6) is 0.623. The molecule has 0 radical (unpaired) electrons. The van der Waals surface area contributed by atoms with Crippen LogP contribution in [0.5, 0.6) is 0 Å². The number of nitrogens with one attached hydrogen (secondary N) is 1. The lowest BCUT2D eigenvalue weighted by molar-refractivity contribution is -0.134. The number of hydrogen-bond acceptors (Lipinski definition) is 7. The number of nitrogens with zero attached hydrogens (tertiary/aromatic N) is 4. The lowest BCUT2D eigenvalue weighted by Gasteiger charge is -2.43. The topological polar surface area (TPSA) is 125 Å². The minimum atomic E-state index is -0.849. The van der Waals surface area contributed by atoms with Crippen molar-refractivity contribution in [2.75, 3.05) is 50.5 Å². The van der Waals surface area contributed by atoms with Gasteiger partial charge in [-0.15, -0.1) is 0 Å². The van der Waals surface area contributed by atoms with Crippen LogP contribution in [0.1, 0.15) is 26.7 Å². The van der Waals surface area contributed by atoms with E-state index in [9.17, 15) is 14.4 Å². The van der Waals surface area contributed by atoms with Gasteiger partial charge in [-0.05, 0) is 18.8 Å². The van der Waals surface area contributed by atoms with Crippen molar-refractivity contribution in [3.8, 4) is 0 Å². The molecule has 10 heteroatoms. The highest BCUT2D eigenvalue weighted by molar-refractivity contribution is 6.07. The normalized spacial score (nSPS) is 19.4. The number of imide groups is 1. The van der Waals surface area contributed by atoms with Crippen LogP contribution in [0.25, 0.3) is 0 Å². The number of ether oxygens (including phenoxy) is 1. The summed E-state index contributed by atoms with van der Waals surface area (Å²) in [4.78, 5) is 49.5. The van der Waals surface area contributed by atoms with Crippen molar-refractivity contribution in [1.82, 2.24) is 19.8 Å². The van der Waals surface area contributed by atoms with Gasteiger partial charge in [0, 0.05) is 32.8 Å². The molecule has 3 amide bonds. The fraction of sp³-hybridized carbons (Fsp3) is 0.667. The summed E-state index contributed by atoms with van der Waals surface area (Å²) in [6.07, 6.45) is 0.949. The molecule has 0 bridgehead atoms. The molecule has 0 aliphatic carbocycles. The van der Waals surface area contributed by atoms with Gasteiger partial charge in [0.25, 0.3) is 11.5 Å². The van der Waals surface area contributed by atoms with Gasteiger partial charge < -0.3 is 20.3 Å². The third-order valence-corrected chi connectivity index (χ3v) is 5.35. The molecule has 154 valence electrons. The van der Waals surface area contributed by atoms with E-state index < -0.39 is 5.54 Å². The highest BCUT2D eigenvalue weighted by Gasteiger charge is 2.57. The van der Waals surface area contributed by atoms with Crippen LogP contribution < -0.4 is 16.2 Å². The smallest absolute Gasteiger partial charge is 0.327 e. The van der Waals surface area contributed by atoms with Crippen LogP contribution in [0.15, 0.2) is 10.9 Å². The molecule has 2 fully saturated rings. The number of H-pyrrole nitrogens is 1. The van der Waals surface area contributed by atoms with Crippen molar-refractivity contribution >= 4 is 23.7 Å². The maximum atomic E-state index is 13.2. The van der Waals surface area contributed by atoms with Crippen molar-refractivity contribution in [2.24, 2.45) is 5.92 Å². The molecule has 0 atom stereocenters. The maximum Gasteiger partial charge on any atom is 0.327 e. The van der Waals surface area contributed by atoms with Gasteiger partial charge in [-0.1, -0.05) is 13.8 Å².